The van der Waals surface area contributed by atoms with E-state index in [-0.39, 0.29) is 5.91 Å². The summed E-state index contributed by atoms with van der Waals surface area (Å²) in [7, 11) is 0. The van der Waals surface area contributed by atoms with Crippen LogP contribution in [0.2, 0.25) is 0 Å². The molecule has 17 heavy (non-hydrogen) atoms. The first kappa shape index (κ1) is 12.5. The van der Waals surface area contributed by atoms with Crippen molar-refractivity contribution in [1.29, 1.82) is 0 Å². The van der Waals surface area contributed by atoms with E-state index >= 15 is 0 Å². The summed E-state index contributed by atoms with van der Waals surface area (Å²) >= 11 is 1.78. The van der Waals surface area contributed by atoms with Crippen LogP contribution in [0.25, 0.3) is 0 Å². The second-order valence-electron chi connectivity index (χ2n) is 4.41. The second kappa shape index (κ2) is 5.10. The van der Waals surface area contributed by atoms with Gasteiger partial charge in [0.1, 0.15) is 5.60 Å². The predicted octanol–water partition coefficient (Wildman–Crippen LogP) is 2.19. The smallest absolute Gasteiger partial charge is 0.256 e. The minimum Gasteiger partial charge on any atom is -0.380 e. The van der Waals surface area contributed by atoms with Crippen LogP contribution >= 0.6 is 11.8 Å². The van der Waals surface area contributed by atoms with Crippen molar-refractivity contribution in [2.45, 2.75) is 25.4 Å². The van der Waals surface area contributed by atoms with Gasteiger partial charge in [0, 0.05) is 5.69 Å². The summed E-state index contributed by atoms with van der Waals surface area (Å²) in [4.78, 5) is 12.1. The molecule has 4 heteroatoms. The van der Waals surface area contributed by atoms with Crippen LogP contribution in [0.1, 0.15) is 18.4 Å². The molecule has 3 nitrogen and oxygen atoms in total. The highest BCUT2D eigenvalue weighted by Crippen LogP contribution is 2.28. The van der Waals surface area contributed by atoms with Crippen molar-refractivity contribution in [2.75, 3.05) is 16.8 Å². The Labute approximate surface area is 106 Å². The van der Waals surface area contributed by atoms with E-state index in [9.17, 15) is 9.90 Å². The summed E-state index contributed by atoms with van der Waals surface area (Å²) in [5.41, 5.74) is 0.604. The highest BCUT2D eigenvalue weighted by Gasteiger charge is 2.37. The van der Waals surface area contributed by atoms with Gasteiger partial charge in [-0.2, -0.15) is 11.8 Å². The third kappa shape index (κ3) is 2.82. The van der Waals surface area contributed by atoms with E-state index in [4.69, 9.17) is 0 Å². The van der Waals surface area contributed by atoms with Crippen LogP contribution in [0.5, 0.6) is 0 Å². The summed E-state index contributed by atoms with van der Waals surface area (Å²) < 4.78 is 0. The number of aliphatic hydroxyl groups is 1. The van der Waals surface area contributed by atoms with E-state index in [0.717, 1.165) is 22.8 Å². The second-order valence-corrected chi connectivity index (χ2v) is 5.64. The first-order valence-corrected chi connectivity index (χ1v) is 6.94. The van der Waals surface area contributed by atoms with Crippen molar-refractivity contribution in [3.63, 3.8) is 0 Å². The van der Waals surface area contributed by atoms with Crippen molar-refractivity contribution >= 4 is 23.4 Å². The van der Waals surface area contributed by atoms with E-state index in [2.05, 4.69) is 5.32 Å². The molecule has 0 radical (unpaired) electrons. The molecule has 1 aromatic carbocycles. The molecule has 92 valence electrons. The number of hydrogen-bond acceptors (Lipinski definition) is 3. The number of rotatable bonds is 2. The van der Waals surface area contributed by atoms with Gasteiger partial charge in [-0.3, -0.25) is 4.79 Å². The number of carbonyl (C=O) groups is 1. The minimum absolute atomic E-state index is 0.271. The number of thioether (sulfide) groups is 1. The molecule has 1 aliphatic rings. The number of benzene rings is 1. The zero-order valence-corrected chi connectivity index (χ0v) is 10.7. The topological polar surface area (TPSA) is 49.3 Å². The third-order valence-corrected chi connectivity index (χ3v) is 4.12. The average Bonchev–Trinajstić information content (AvgIpc) is 2.33. The Morgan fingerprint density at radius 1 is 1.35 bits per heavy atom. The first-order valence-electron chi connectivity index (χ1n) is 5.79. The Kier molecular flexibility index (Phi) is 3.74. The standard InChI is InChI=1S/C13H17NO2S/c1-10-4-2-3-5-11(10)14-12(15)13(16)6-8-17-9-7-13/h2-5,16H,6-9H2,1H3,(H,14,15). The molecule has 2 N–H and O–H groups in total. The van der Waals surface area contributed by atoms with Crippen molar-refractivity contribution < 1.29 is 9.90 Å². The summed E-state index contributed by atoms with van der Waals surface area (Å²) in [5.74, 6) is 1.42. The Morgan fingerprint density at radius 2 is 2.00 bits per heavy atom. The molecule has 0 unspecified atom stereocenters. The fourth-order valence-electron chi connectivity index (χ4n) is 1.89. The van der Waals surface area contributed by atoms with Gasteiger partial charge in [-0.15, -0.1) is 0 Å². The van der Waals surface area contributed by atoms with E-state index in [0.29, 0.717) is 12.8 Å². The van der Waals surface area contributed by atoms with Crippen LogP contribution in [-0.2, 0) is 4.79 Å². The zero-order valence-electron chi connectivity index (χ0n) is 9.90. The fourth-order valence-corrected chi connectivity index (χ4v) is 3.06. The molecule has 1 saturated heterocycles. The summed E-state index contributed by atoms with van der Waals surface area (Å²) in [6, 6.07) is 7.60. The van der Waals surface area contributed by atoms with Gasteiger partial charge < -0.3 is 10.4 Å². The Bertz CT molecular complexity index is 414. The van der Waals surface area contributed by atoms with Gasteiger partial charge in [0.05, 0.1) is 0 Å². The number of anilines is 1. The molecule has 1 aliphatic heterocycles. The molecular weight excluding hydrogens is 234 g/mol. The third-order valence-electron chi connectivity index (χ3n) is 3.14. The van der Waals surface area contributed by atoms with E-state index in [1.165, 1.54) is 0 Å². The van der Waals surface area contributed by atoms with Gasteiger partial charge in [-0.1, -0.05) is 18.2 Å². The van der Waals surface area contributed by atoms with Gasteiger partial charge in [0.15, 0.2) is 0 Å². The van der Waals surface area contributed by atoms with Crippen molar-refractivity contribution in [3.05, 3.63) is 29.8 Å². The average molecular weight is 251 g/mol. The minimum atomic E-state index is -1.19. The van der Waals surface area contributed by atoms with Crippen LogP contribution in [0, 0.1) is 6.92 Å². The van der Waals surface area contributed by atoms with Crippen molar-refractivity contribution in [3.8, 4) is 0 Å². The lowest BCUT2D eigenvalue weighted by Gasteiger charge is -2.30. The van der Waals surface area contributed by atoms with Crippen LogP contribution in [-0.4, -0.2) is 28.1 Å². The van der Waals surface area contributed by atoms with E-state index < -0.39 is 5.60 Å². The molecular formula is C13H17NO2S. The predicted molar refractivity (Wildman–Crippen MR) is 71.3 cm³/mol. The molecule has 1 fully saturated rings. The van der Waals surface area contributed by atoms with Crippen molar-refractivity contribution in [1.82, 2.24) is 0 Å². The van der Waals surface area contributed by atoms with Gasteiger partial charge in [-0.25, -0.2) is 0 Å². The van der Waals surface area contributed by atoms with Gasteiger partial charge in [0.25, 0.3) is 5.91 Å². The fraction of sp³-hybridized carbons (Fsp3) is 0.462. The number of amides is 1. The number of aryl methyl sites for hydroxylation is 1. The van der Waals surface area contributed by atoms with Crippen LogP contribution in [0.15, 0.2) is 24.3 Å². The van der Waals surface area contributed by atoms with E-state index in [1.807, 2.05) is 31.2 Å². The maximum atomic E-state index is 12.1. The monoisotopic (exact) mass is 251 g/mol. The normalized spacial score (nSPS) is 18.7. The van der Waals surface area contributed by atoms with Gasteiger partial charge in [-0.05, 0) is 42.9 Å². The highest BCUT2D eigenvalue weighted by atomic mass is 32.2. The van der Waals surface area contributed by atoms with Crippen molar-refractivity contribution in [2.24, 2.45) is 0 Å². The lowest BCUT2D eigenvalue weighted by Crippen LogP contribution is -2.45. The summed E-state index contributed by atoms with van der Waals surface area (Å²) in [6.07, 6.45) is 1.07. The maximum absolute atomic E-state index is 12.1. The molecule has 0 saturated carbocycles. The highest BCUT2D eigenvalue weighted by molar-refractivity contribution is 7.99. The number of nitrogens with one attached hydrogen (secondary N) is 1. The quantitative estimate of drug-likeness (QED) is 0.847. The molecule has 1 heterocycles. The molecule has 0 atom stereocenters. The number of hydrogen-bond donors (Lipinski definition) is 2. The lowest BCUT2D eigenvalue weighted by atomic mass is 9.95. The molecule has 0 spiro atoms. The van der Waals surface area contributed by atoms with Gasteiger partial charge >= 0.3 is 0 Å². The summed E-state index contributed by atoms with van der Waals surface area (Å²) in [5, 5.41) is 13.1. The molecule has 1 aromatic rings. The first-order chi connectivity index (χ1) is 8.12. The number of carbonyl (C=O) groups excluding carboxylic acids is 1. The molecule has 0 aliphatic carbocycles. The molecule has 0 aromatic heterocycles. The lowest BCUT2D eigenvalue weighted by molar-refractivity contribution is -0.134. The maximum Gasteiger partial charge on any atom is 0.256 e. The van der Waals surface area contributed by atoms with Crippen LogP contribution < -0.4 is 5.32 Å². The summed E-state index contributed by atoms with van der Waals surface area (Å²) in [6.45, 7) is 1.94. The van der Waals surface area contributed by atoms with Crippen LogP contribution in [0.4, 0.5) is 5.69 Å². The zero-order chi connectivity index (χ0) is 12.3. The Balaban J connectivity index is 2.08. The molecule has 1 amide bonds. The molecule has 2 rings (SSSR count). The SMILES string of the molecule is Cc1ccccc1NC(=O)C1(O)CCSCC1. The number of para-hydroxylation sites is 1. The van der Waals surface area contributed by atoms with Crippen LogP contribution in [0.3, 0.4) is 0 Å². The van der Waals surface area contributed by atoms with E-state index in [1.54, 1.807) is 11.8 Å². The molecule has 0 bridgehead atoms. The largest absolute Gasteiger partial charge is 0.380 e. The Morgan fingerprint density at radius 3 is 2.65 bits per heavy atom. The van der Waals surface area contributed by atoms with Gasteiger partial charge in [0.2, 0.25) is 0 Å². The Hall–Kier alpha value is -1.000.